The van der Waals surface area contributed by atoms with Crippen molar-refractivity contribution in [1.29, 1.82) is 0 Å². The number of aromatic nitrogens is 2. The molecule has 5 rings (SSSR count). The average Bonchev–Trinajstić information content (AvgIpc) is 2.80. The van der Waals surface area contributed by atoms with E-state index in [0.29, 0.717) is 5.02 Å². The highest BCUT2D eigenvalue weighted by Crippen LogP contribution is 2.31. The third-order valence-corrected chi connectivity index (χ3v) is 5.58. The SMILES string of the molecule is CC(C)N=c1cc2n(-c3ccc(Cl)cc3)c3ccccc3nc-2cc1Nc1ccc(O)cc1. The van der Waals surface area contributed by atoms with Gasteiger partial charge in [-0.1, -0.05) is 23.7 Å². The average molecular weight is 455 g/mol. The van der Waals surface area contributed by atoms with Gasteiger partial charge in [0.25, 0.3) is 0 Å². The molecule has 33 heavy (non-hydrogen) atoms. The molecule has 2 N–H and O–H groups in total. The Morgan fingerprint density at radius 3 is 2.39 bits per heavy atom. The van der Waals surface area contributed by atoms with Gasteiger partial charge < -0.3 is 15.0 Å². The first-order chi connectivity index (χ1) is 16.0. The molecule has 1 aliphatic heterocycles. The van der Waals surface area contributed by atoms with Gasteiger partial charge in [-0.15, -0.1) is 0 Å². The first-order valence-electron chi connectivity index (χ1n) is 10.8. The van der Waals surface area contributed by atoms with Crippen molar-refractivity contribution >= 4 is 34.0 Å². The quantitative estimate of drug-likeness (QED) is 0.239. The highest BCUT2D eigenvalue weighted by atomic mass is 35.5. The van der Waals surface area contributed by atoms with E-state index in [1.165, 1.54) is 0 Å². The van der Waals surface area contributed by atoms with Gasteiger partial charge in [0, 0.05) is 22.4 Å². The molecule has 0 saturated heterocycles. The molecular weight excluding hydrogens is 432 g/mol. The van der Waals surface area contributed by atoms with E-state index in [9.17, 15) is 5.11 Å². The summed E-state index contributed by atoms with van der Waals surface area (Å²) in [4.78, 5) is 9.83. The fraction of sp³-hybridized carbons (Fsp3) is 0.111. The summed E-state index contributed by atoms with van der Waals surface area (Å²) in [6, 6.07) is 27.1. The lowest BCUT2D eigenvalue weighted by Crippen LogP contribution is -2.16. The molecule has 0 spiro atoms. The Morgan fingerprint density at radius 1 is 0.939 bits per heavy atom. The number of halogens is 1. The van der Waals surface area contributed by atoms with Crippen LogP contribution in [0.3, 0.4) is 0 Å². The predicted octanol–water partition coefficient (Wildman–Crippen LogP) is 6.54. The van der Waals surface area contributed by atoms with E-state index >= 15 is 0 Å². The van der Waals surface area contributed by atoms with Crippen molar-refractivity contribution in [3.05, 3.63) is 95.3 Å². The summed E-state index contributed by atoms with van der Waals surface area (Å²) in [7, 11) is 0. The zero-order valence-corrected chi connectivity index (χ0v) is 19.1. The maximum atomic E-state index is 9.63. The largest absolute Gasteiger partial charge is 0.508 e. The number of para-hydroxylation sites is 2. The van der Waals surface area contributed by atoms with E-state index in [4.69, 9.17) is 21.6 Å². The lowest BCUT2D eigenvalue weighted by molar-refractivity contribution is 0.475. The summed E-state index contributed by atoms with van der Waals surface area (Å²) < 4.78 is 2.19. The van der Waals surface area contributed by atoms with E-state index in [0.717, 1.165) is 44.8 Å². The zero-order valence-electron chi connectivity index (χ0n) is 18.3. The number of hydrogen-bond donors (Lipinski definition) is 2. The van der Waals surface area contributed by atoms with Gasteiger partial charge in [-0.25, -0.2) is 4.98 Å². The number of aromatic hydroxyl groups is 1. The highest BCUT2D eigenvalue weighted by molar-refractivity contribution is 6.30. The van der Waals surface area contributed by atoms with Crippen LogP contribution in [0.25, 0.3) is 28.1 Å². The molecule has 0 unspecified atom stereocenters. The molecule has 0 saturated carbocycles. The monoisotopic (exact) mass is 454 g/mol. The Hall–Kier alpha value is -3.83. The molecule has 1 aliphatic carbocycles. The third kappa shape index (κ3) is 4.28. The van der Waals surface area contributed by atoms with Crippen LogP contribution in [-0.2, 0) is 0 Å². The second kappa shape index (κ2) is 8.60. The maximum Gasteiger partial charge on any atom is 0.115 e. The number of benzene rings is 4. The Bertz CT molecular complexity index is 1470. The number of phenols is 1. The van der Waals surface area contributed by atoms with Crippen LogP contribution in [-0.4, -0.2) is 20.7 Å². The molecule has 6 heteroatoms. The number of nitrogens with zero attached hydrogens (tertiary/aromatic N) is 3. The topological polar surface area (TPSA) is 62.4 Å². The highest BCUT2D eigenvalue weighted by Gasteiger charge is 2.16. The Labute approximate surface area is 197 Å². The first kappa shape index (κ1) is 21.0. The van der Waals surface area contributed by atoms with Gasteiger partial charge in [0.15, 0.2) is 0 Å². The fourth-order valence-electron chi connectivity index (χ4n) is 3.90. The van der Waals surface area contributed by atoms with Crippen molar-refractivity contribution in [3.63, 3.8) is 0 Å². The van der Waals surface area contributed by atoms with Gasteiger partial charge in [0.2, 0.25) is 0 Å². The van der Waals surface area contributed by atoms with Crippen molar-refractivity contribution < 1.29 is 5.11 Å². The number of nitrogens with one attached hydrogen (secondary N) is 1. The molecular formula is C27H23ClN4O. The van der Waals surface area contributed by atoms with Crippen LogP contribution in [0.5, 0.6) is 5.75 Å². The van der Waals surface area contributed by atoms with Crippen LogP contribution < -0.4 is 10.7 Å². The molecule has 0 bridgehead atoms. The fourth-order valence-corrected chi connectivity index (χ4v) is 4.02. The second-order valence-electron chi connectivity index (χ2n) is 8.17. The van der Waals surface area contributed by atoms with Crippen molar-refractivity contribution in [3.8, 4) is 22.8 Å². The normalized spacial score (nSPS) is 12.1. The molecule has 0 radical (unpaired) electrons. The second-order valence-corrected chi connectivity index (χ2v) is 8.60. The number of rotatable bonds is 4. The molecule has 164 valence electrons. The third-order valence-electron chi connectivity index (χ3n) is 5.33. The van der Waals surface area contributed by atoms with Crippen molar-refractivity contribution in [1.82, 2.24) is 9.55 Å². The lowest BCUT2D eigenvalue weighted by Gasteiger charge is -2.20. The molecule has 0 atom stereocenters. The van der Waals surface area contributed by atoms with E-state index in [2.05, 4.69) is 35.9 Å². The molecule has 3 aromatic carbocycles. The van der Waals surface area contributed by atoms with E-state index in [1.807, 2.05) is 60.7 Å². The van der Waals surface area contributed by atoms with Gasteiger partial charge in [0.1, 0.15) is 5.75 Å². The van der Waals surface area contributed by atoms with E-state index < -0.39 is 0 Å². The zero-order chi connectivity index (χ0) is 22.9. The standard InChI is InChI=1S/C27H23ClN4O/c1-17(2)29-24-16-27-25(15-23(24)30-19-9-13-21(33)14-10-19)31-22-5-3-4-6-26(22)32(27)20-11-7-18(28)8-12-20/h3-17,30,33H,1-2H3. The van der Waals surface area contributed by atoms with Crippen LogP contribution in [0.2, 0.25) is 5.02 Å². The summed E-state index contributed by atoms with van der Waals surface area (Å²) in [5.74, 6) is 0.225. The van der Waals surface area contributed by atoms with Crippen molar-refractivity contribution in [2.75, 3.05) is 5.32 Å². The Balaban J connectivity index is 1.80. The minimum atomic E-state index is 0.111. The van der Waals surface area contributed by atoms with Gasteiger partial charge >= 0.3 is 0 Å². The number of anilines is 2. The number of fused-ring (bicyclic) bond motifs is 2. The number of hydrogen-bond acceptors (Lipinski definition) is 4. The summed E-state index contributed by atoms with van der Waals surface area (Å²) >= 11 is 6.17. The predicted molar refractivity (Wildman–Crippen MR) is 135 cm³/mol. The Morgan fingerprint density at radius 2 is 1.67 bits per heavy atom. The minimum Gasteiger partial charge on any atom is -0.508 e. The van der Waals surface area contributed by atoms with Gasteiger partial charge in [-0.2, -0.15) is 0 Å². The Kier molecular flexibility index (Phi) is 5.48. The van der Waals surface area contributed by atoms with Crippen molar-refractivity contribution in [2.45, 2.75) is 19.9 Å². The van der Waals surface area contributed by atoms with Crippen molar-refractivity contribution in [2.24, 2.45) is 4.99 Å². The van der Waals surface area contributed by atoms with Crippen LogP contribution in [0.1, 0.15) is 13.8 Å². The summed E-state index contributed by atoms with van der Waals surface area (Å²) in [6.45, 7) is 4.11. The van der Waals surface area contributed by atoms with E-state index in [-0.39, 0.29) is 11.8 Å². The molecule has 3 aromatic rings. The van der Waals surface area contributed by atoms with Gasteiger partial charge in [-0.05, 0) is 86.6 Å². The molecule has 5 nitrogen and oxygen atoms in total. The molecule has 1 heterocycles. The maximum absolute atomic E-state index is 9.63. The molecule has 0 fully saturated rings. The van der Waals surface area contributed by atoms with Crippen LogP contribution in [0.4, 0.5) is 11.4 Å². The smallest absolute Gasteiger partial charge is 0.115 e. The molecule has 0 aromatic heterocycles. The van der Waals surface area contributed by atoms with Crippen LogP contribution >= 0.6 is 11.6 Å². The molecule has 0 amide bonds. The first-order valence-corrected chi connectivity index (χ1v) is 11.2. The van der Waals surface area contributed by atoms with Gasteiger partial charge in [-0.3, -0.25) is 4.99 Å². The number of phenolic OH excluding ortho intramolecular Hbond substituents is 1. The lowest BCUT2D eigenvalue weighted by atomic mass is 10.1. The van der Waals surface area contributed by atoms with Crippen LogP contribution in [0, 0.1) is 0 Å². The molecule has 2 aliphatic rings. The summed E-state index contributed by atoms with van der Waals surface area (Å²) in [5, 5.41) is 14.6. The summed E-state index contributed by atoms with van der Waals surface area (Å²) in [6.07, 6.45) is 0. The van der Waals surface area contributed by atoms with Crippen LogP contribution in [0.15, 0.2) is 89.9 Å². The van der Waals surface area contributed by atoms with Gasteiger partial charge in [0.05, 0.1) is 33.5 Å². The van der Waals surface area contributed by atoms with E-state index in [1.54, 1.807) is 12.1 Å². The minimum absolute atomic E-state index is 0.111. The summed E-state index contributed by atoms with van der Waals surface area (Å²) in [5.41, 5.74) is 6.40.